The molecule has 2 rings (SSSR count). The van der Waals surface area contributed by atoms with Gasteiger partial charge in [0, 0.05) is 25.1 Å². The molecular formula is C14H18F3NO4. The number of hydrogen-bond acceptors (Lipinski definition) is 5. The summed E-state index contributed by atoms with van der Waals surface area (Å²) in [5, 5.41) is 31.6. The zero-order valence-electron chi connectivity index (χ0n) is 11.6. The lowest BCUT2D eigenvalue weighted by Crippen LogP contribution is -2.39. The monoisotopic (exact) mass is 321 g/mol. The summed E-state index contributed by atoms with van der Waals surface area (Å²) < 4.78 is 39.9. The fourth-order valence-electron chi connectivity index (χ4n) is 2.57. The first-order chi connectivity index (χ1) is 10.3. The molecule has 0 aliphatic heterocycles. The molecule has 0 spiro atoms. The summed E-state index contributed by atoms with van der Waals surface area (Å²) in [6.45, 7) is 0.110. The molecule has 22 heavy (non-hydrogen) atoms. The van der Waals surface area contributed by atoms with Crippen molar-refractivity contribution in [3.05, 3.63) is 29.8 Å². The lowest BCUT2D eigenvalue weighted by molar-refractivity contribution is -0.274. The molecule has 1 aliphatic carbocycles. The number of hydrogen-bond donors (Lipinski definition) is 4. The third-order valence-corrected chi connectivity index (χ3v) is 3.76. The molecule has 0 aromatic heterocycles. The average molecular weight is 321 g/mol. The number of halogens is 3. The van der Waals surface area contributed by atoms with Crippen molar-refractivity contribution >= 4 is 0 Å². The Kier molecular flexibility index (Phi) is 5.28. The molecule has 0 saturated heterocycles. The minimum atomic E-state index is -4.72. The van der Waals surface area contributed by atoms with E-state index in [2.05, 4.69) is 10.1 Å². The van der Waals surface area contributed by atoms with Gasteiger partial charge in [0.1, 0.15) is 5.75 Å². The topological polar surface area (TPSA) is 82.0 Å². The highest BCUT2D eigenvalue weighted by atomic mass is 19.4. The molecule has 1 aromatic rings. The molecule has 1 saturated carbocycles. The molecule has 1 fully saturated rings. The molecule has 4 N–H and O–H groups in total. The number of alkyl halides is 3. The second-order valence-corrected chi connectivity index (χ2v) is 5.34. The summed E-state index contributed by atoms with van der Waals surface area (Å²) in [7, 11) is 0. The van der Waals surface area contributed by atoms with Crippen molar-refractivity contribution in [2.75, 3.05) is 6.61 Å². The highest BCUT2D eigenvalue weighted by Crippen LogP contribution is 2.27. The summed E-state index contributed by atoms with van der Waals surface area (Å²) in [4.78, 5) is 0. The lowest BCUT2D eigenvalue weighted by Gasteiger charge is -2.18. The molecule has 4 atom stereocenters. The molecule has 0 heterocycles. The normalized spacial score (nSPS) is 28.8. The number of aliphatic hydroxyl groups is 3. The Labute approximate surface area is 125 Å². The summed E-state index contributed by atoms with van der Waals surface area (Å²) in [5.41, 5.74) is 0.712. The molecular weight excluding hydrogens is 303 g/mol. The first kappa shape index (κ1) is 17.0. The van der Waals surface area contributed by atoms with Crippen molar-refractivity contribution in [2.45, 2.75) is 37.6 Å². The predicted molar refractivity (Wildman–Crippen MR) is 71.0 cm³/mol. The summed E-state index contributed by atoms with van der Waals surface area (Å²) in [6, 6.07) is 5.00. The number of aliphatic hydroxyl groups excluding tert-OH is 3. The van der Waals surface area contributed by atoms with Crippen LogP contribution in [0.2, 0.25) is 0 Å². The van der Waals surface area contributed by atoms with E-state index in [1.807, 2.05) is 0 Å². The quantitative estimate of drug-likeness (QED) is 0.644. The van der Waals surface area contributed by atoms with E-state index in [1.54, 1.807) is 0 Å². The Morgan fingerprint density at radius 3 is 2.27 bits per heavy atom. The molecule has 1 aromatic carbocycles. The van der Waals surface area contributed by atoms with Crippen molar-refractivity contribution in [1.82, 2.24) is 5.32 Å². The van der Waals surface area contributed by atoms with Crippen molar-refractivity contribution in [3.8, 4) is 5.75 Å². The Balaban J connectivity index is 1.87. The van der Waals surface area contributed by atoms with Crippen LogP contribution < -0.4 is 10.1 Å². The van der Waals surface area contributed by atoms with Gasteiger partial charge in [-0.05, 0) is 24.1 Å². The Hall–Kier alpha value is -1.35. The van der Waals surface area contributed by atoms with Gasteiger partial charge < -0.3 is 25.4 Å². The average Bonchev–Trinajstić information content (AvgIpc) is 2.72. The lowest BCUT2D eigenvalue weighted by atomic mass is 10.1. The maximum absolute atomic E-state index is 12.0. The highest BCUT2D eigenvalue weighted by Gasteiger charge is 2.40. The molecule has 0 bridgehead atoms. The maximum atomic E-state index is 12.0. The summed E-state index contributed by atoms with van der Waals surface area (Å²) in [6.07, 6.45) is -6.26. The molecule has 0 unspecified atom stereocenters. The van der Waals surface area contributed by atoms with Crippen LogP contribution in [0.1, 0.15) is 12.0 Å². The minimum absolute atomic E-state index is 0.208. The van der Waals surface area contributed by atoms with E-state index in [0.717, 1.165) is 0 Å². The van der Waals surface area contributed by atoms with Crippen LogP contribution in [0.5, 0.6) is 5.75 Å². The van der Waals surface area contributed by atoms with Gasteiger partial charge in [0.2, 0.25) is 0 Å². The van der Waals surface area contributed by atoms with Gasteiger partial charge >= 0.3 is 6.36 Å². The van der Waals surface area contributed by atoms with Gasteiger partial charge in [-0.25, -0.2) is 0 Å². The van der Waals surface area contributed by atoms with E-state index >= 15 is 0 Å². The van der Waals surface area contributed by atoms with E-state index < -0.39 is 18.6 Å². The molecule has 8 heteroatoms. The van der Waals surface area contributed by atoms with Gasteiger partial charge in [-0.1, -0.05) is 12.1 Å². The van der Waals surface area contributed by atoms with Crippen molar-refractivity contribution < 1.29 is 33.2 Å². The minimum Gasteiger partial charge on any atom is -0.406 e. The Morgan fingerprint density at radius 2 is 1.77 bits per heavy atom. The fourth-order valence-corrected chi connectivity index (χ4v) is 2.57. The van der Waals surface area contributed by atoms with E-state index in [9.17, 15) is 23.4 Å². The van der Waals surface area contributed by atoms with Crippen molar-refractivity contribution in [1.29, 1.82) is 0 Å². The highest BCUT2D eigenvalue weighted by molar-refractivity contribution is 5.27. The van der Waals surface area contributed by atoms with Crippen LogP contribution in [0.25, 0.3) is 0 Å². The van der Waals surface area contributed by atoms with Crippen molar-refractivity contribution in [3.63, 3.8) is 0 Å². The largest absolute Gasteiger partial charge is 0.573 e. The van der Waals surface area contributed by atoms with E-state index in [4.69, 9.17) is 5.11 Å². The Morgan fingerprint density at radius 1 is 1.14 bits per heavy atom. The van der Waals surface area contributed by atoms with E-state index in [1.165, 1.54) is 24.3 Å². The molecule has 124 valence electrons. The van der Waals surface area contributed by atoms with Crippen LogP contribution in [-0.4, -0.2) is 46.5 Å². The van der Waals surface area contributed by atoms with E-state index in [0.29, 0.717) is 18.5 Å². The van der Waals surface area contributed by atoms with Crippen molar-refractivity contribution in [2.24, 2.45) is 5.92 Å². The fraction of sp³-hybridized carbons (Fsp3) is 0.571. The summed E-state index contributed by atoms with van der Waals surface area (Å²) >= 11 is 0. The number of rotatable bonds is 5. The van der Waals surface area contributed by atoms with E-state index in [-0.39, 0.29) is 24.3 Å². The van der Waals surface area contributed by atoms with Crippen LogP contribution in [0.4, 0.5) is 13.2 Å². The van der Waals surface area contributed by atoms with Crippen LogP contribution in [0.3, 0.4) is 0 Å². The molecule has 1 aliphatic rings. The third-order valence-electron chi connectivity index (χ3n) is 3.76. The first-order valence-electron chi connectivity index (χ1n) is 6.85. The smallest absolute Gasteiger partial charge is 0.406 e. The zero-order chi connectivity index (χ0) is 16.3. The second-order valence-electron chi connectivity index (χ2n) is 5.34. The van der Waals surface area contributed by atoms with Gasteiger partial charge in [-0.2, -0.15) is 0 Å². The number of benzene rings is 1. The molecule has 0 amide bonds. The molecule has 5 nitrogen and oxygen atoms in total. The van der Waals surface area contributed by atoms with Crippen LogP contribution >= 0.6 is 0 Å². The van der Waals surface area contributed by atoms with Gasteiger partial charge in [-0.15, -0.1) is 13.2 Å². The standard InChI is InChI=1S/C14H18F3NO4/c15-14(16,17)22-10-3-1-8(2-4-10)6-18-11-5-9(7-19)12(20)13(11)21/h1-4,9,11-13,18-21H,5-7H2/t9-,11-,12-,13+/m1/s1. The van der Waals surface area contributed by atoms with Gasteiger partial charge in [0.15, 0.2) is 0 Å². The molecule has 0 radical (unpaired) electrons. The second kappa shape index (κ2) is 6.82. The predicted octanol–water partition coefficient (Wildman–Crippen LogP) is 0.777. The van der Waals surface area contributed by atoms with Gasteiger partial charge in [0.25, 0.3) is 0 Å². The Bertz CT molecular complexity index is 480. The first-order valence-corrected chi connectivity index (χ1v) is 6.85. The number of ether oxygens (including phenoxy) is 1. The maximum Gasteiger partial charge on any atom is 0.573 e. The summed E-state index contributed by atoms with van der Waals surface area (Å²) in [5.74, 6) is -0.678. The zero-order valence-corrected chi connectivity index (χ0v) is 11.6. The van der Waals surface area contributed by atoms with Gasteiger partial charge in [-0.3, -0.25) is 0 Å². The van der Waals surface area contributed by atoms with Crippen LogP contribution in [0, 0.1) is 5.92 Å². The SMILES string of the molecule is OC[C@H]1C[C@@H](NCc2ccc(OC(F)(F)F)cc2)[C@H](O)[C@@H]1O. The number of nitrogens with one attached hydrogen (secondary N) is 1. The van der Waals surface area contributed by atoms with Crippen LogP contribution in [-0.2, 0) is 6.54 Å². The van der Waals surface area contributed by atoms with Gasteiger partial charge in [0.05, 0.1) is 12.2 Å². The third kappa shape index (κ3) is 4.33. The van der Waals surface area contributed by atoms with Crippen LogP contribution in [0.15, 0.2) is 24.3 Å².